The molecule has 1 aromatic heterocycles. The molecule has 1 atom stereocenters. The lowest BCUT2D eigenvalue weighted by Gasteiger charge is -2.36. The lowest BCUT2D eigenvalue weighted by atomic mass is 9.76. The molecule has 0 radical (unpaired) electrons. The number of piperidine rings is 1. The van der Waals surface area contributed by atoms with Crippen LogP contribution in [0.2, 0.25) is 5.02 Å². The van der Waals surface area contributed by atoms with E-state index < -0.39 is 0 Å². The number of amides is 1. The zero-order valence-electron chi connectivity index (χ0n) is 15.9. The van der Waals surface area contributed by atoms with Gasteiger partial charge in [0.15, 0.2) is 0 Å². The second-order valence-electron chi connectivity index (χ2n) is 7.35. The second kappa shape index (κ2) is 7.84. The molecule has 5 nitrogen and oxygen atoms in total. The van der Waals surface area contributed by atoms with Crippen LogP contribution in [0.25, 0.3) is 12.2 Å². The highest BCUT2D eigenvalue weighted by Gasteiger charge is 2.34. The summed E-state index contributed by atoms with van der Waals surface area (Å²) >= 11 is 6.26. The zero-order valence-corrected chi connectivity index (χ0v) is 16.7. The number of fused-ring (bicyclic) bond motifs is 2. The van der Waals surface area contributed by atoms with Crippen LogP contribution in [-0.4, -0.2) is 35.7 Å². The van der Waals surface area contributed by atoms with E-state index in [1.165, 1.54) is 5.56 Å². The van der Waals surface area contributed by atoms with E-state index in [0.29, 0.717) is 31.3 Å². The Labute approximate surface area is 170 Å². The molecular weight excluding hydrogens is 374 g/mol. The fourth-order valence-electron chi connectivity index (χ4n) is 4.31. The van der Waals surface area contributed by atoms with Crippen molar-refractivity contribution in [3.8, 4) is 0 Å². The maximum Gasteiger partial charge on any atom is 0.409 e. The normalized spacial score (nSPS) is 18.9. The van der Waals surface area contributed by atoms with Gasteiger partial charge in [0.25, 0.3) is 0 Å². The fraction of sp³-hybridized carbons (Fsp3) is 0.364. The number of nitrogens with zero attached hydrogens (tertiary/aromatic N) is 2. The molecule has 2 aliphatic rings. The highest BCUT2D eigenvalue weighted by molar-refractivity contribution is 6.30. The topological polar surface area (TPSA) is 68.5 Å². The van der Waals surface area contributed by atoms with Crippen molar-refractivity contribution in [2.45, 2.75) is 25.7 Å². The standard InChI is InChI=1S/C22H24ClN3O2/c1-2-28-22(27)26-9-7-14(8-10-26)20-19-6-5-17(23)11-15(19)3-4-16-12-18(24)13-25-21(16)20/h3-6,11-14,20H,2,7-10,24H2,1H3. The zero-order chi connectivity index (χ0) is 19.7. The third kappa shape index (κ3) is 3.59. The van der Waals surface area contributed by atoms with Gasteiger partial charge < -0.3 is 15.4 Å². The molecule has 1 aliphatic carbocycles. The molecule has 28 heavy (non-hydrogen) atoms. The van der Waals surface area contributed by atoms with Gasteiger partial charge in [0.2, 0.25) is 0 Å². The fourth-order valence-corrected chi connectivity index (χ4v) is 4.49. The molecule has 2 heterocycles. The third-order valence-electron chi connectivity index (χ3n) is 5.63. The Morgan fingerprint density at radius 3 is 2.75 bits per heavy atom. The van der Waals surface area contributed by atoms with E-state index in [1.54, 1.807) is 11.1 Å². The molecule has 1 saturated heterocycles. The summed E-state index contributed by atoms with van der Waals surface area (Å²) < 4.78 is 5.16. The van der Waals surface area contributed by atoms with E-state index >= 15 is 0 Å². The average molecular weight is 398 g/mol. The molecule has 1 amide bonds. The highest BCUT2D eigenvalue weighted by atomic mass is 35.5. The molecule has 2 N–H and O–H groups in total. The van der Waals surface area contributed by atoms with E-state index in [9.17, 15) is 4.79 Å². The first kappa shape index (κ1) is 18.8. The van der Waals surface area contributed by atoms with Gasteiger partial charge in [0, 0.05) is 24.0 Å². The van der Waals surface area contributed by atoms with Crippen LogP contribution >= 0.6 is 11.6 Å². The summed E-state index contributed by atoms with van der Waals surface area (Å²) in [4.78, 5) is 18.6. The average Bonchev–Trinajstić information content (AvgIpc) is 2.84. The monoisotopic (exact) mass is 397 g/mol. The largest absolute Gasteiger partial charge is 0.450 e. The van der Waals surface area contributed by atoms with Crippen molar-refractivity contribution < 1.29 is 9.53 Å². The predicted octanol–water partition coefficient (Wildman–Crippen LogP) is 4.80. The Balaban J connectivity index is 1.69. The number of likely N-dealkylation sites (tertiary alicyclic amines) is 1. The van der Waals surface area contributed by atoms with Crippen molar-refractivity contribution >= 4 is 35.5 Å². The molecule has 1 fully saturated rings. The molecule has 1 unspecified atom stereocenters. The molecular formula is C22H24ClN3O2. The number of hydrogen-bond acceptors (Lipinski definition) is 4. The van der Waals surface area contributed by atoms with Crippen LogP contribution in [-0.2, 0) is 4.74 Å². The first-order valence-electron chi connectivity index (χ1n) is 9.71. The maximum absolute atomic E-state index is 12.1. The SMILES string of the molecule is CCOC(=O)N1CCC(C2c3ccc(Cl)cc3C=Cc3cc(N)cnc32)CC1. The van der Waals surface area contributed by atoms with Gasteiger partial charge in [0.05, 0.1) is 24.2 Å². The van der Waals surface area contributed by atoms with Crippen molar-refractivity contribution in [1.29, 1.82) is 0 Å². The number of pyridine rings is 1. The Morgan fingerprint density at radius 1 is 1.25 bits per heavy atom. The number of halogens is 1. The van der Waals surface area contributed by atoms with Crippen LogP contribution in [0.5, 0.6) is 0 Å². The number of carbonyl (C=O) groups excluding carboxylic acids is 1. The van der Waals surface area contributed by atoms with Crippen LogP contribution in [0.1, 0.15) is 48.1 Å². The summed E-state index contributed by atoms with van der Waals surface area (Å²) in [5.41, 5.74) is 11.1. The summed E-state index contributed by atoms with van der Waals surface area (Å²) in [5, 5.41) is 0.720. The Kier molecular flexibility index (Phi) is 5.27. The smallest absolute Gasteiger partial charge is 0.409 e. The van der Waals surface area contributed by atoms with Gasteiger partial charge in [-0.3, -0.25) is 4.98 Å². The number of anilines is 1. The number of aromatic nitrogens is 1. The minimum atomic E-state index is -0.220. The van der Waals surface area contributed by atoms with E-state index in [-0.39, 0.29) is 12.0 Å². The number of ether oxygens (including phenoxy) is 1. The molecule has 0 bridgehead atoms. The third-order valence-corrected chi connectivity index (χ3v) is 5.86. The van der Waals surface area contributed by atoms with E-state index in [0.717, 1.165) is 34.7 Å². The summed E-state index contributed by atoms with van der Waals surface area (Å²) in [6, 6.07) is 8.03. The quantitative estimate of drug-likeness (QED) is 0.790. The summed E-state index contributed by atoms with van der Waals surface area (Å²) in [5.74, 6) is 0.516. The predicted molar refractivity (Wildman–Crippen MR) is 112 cm³/mol. The molecule has 0 spiro atoms. The summed E-state index contributed by atoms with van der Waals surface area (Å²) in [6.45, 7) is 3.63. The first-order valence-corrected chi connectivity index (χ1v) is 10.1. The number of carbonyl (C=O) groups is 1. The lowest BCUT2D eigenvalue weighted by molar-refractivity contribution is 0.0900. The molecule has 6 heteroatoms. The number of nitrogens with two attached hydrogens (primary N) is 1. The van der Waals surface area contributed by atoms with Gasteiger partial charge in [-0.15, -0.1) is 0 Å². The molecule has 0 saturated carbocycles. The van der Waals surface area contributed by atoms with Crippen LogP contribution in [0, 0.1) is 5.92 Å². The van der Waals surface area contributed by atoms with Crippen LogP contribution < -0.4 is 5.73 Å². The number of benzene rings is 1. The molecule has 146 valence electrons. The number of hydrogen-bond donors (Lipinski definition) is 1. The van der Waals surface area contributed by atoms with Gasteiger partial charge in [-0.25, -0.2) is 4.79 Å². The lowest BCUT2D eigenvalue weighted by Crippen LogP contribution is -2.40. The second-order valence-corrected chi connectivity index (χ2v) is 7.79. The molecule has 1 aromatic carbocycles. The Morgan fingerprint density at radius 2 is 2.00 bits per heavy atom. The first-order chi connectivity index (χ1) is 13.6. The van der Waals surface area contributed by atoms with Crippen LogP contribution in [0.15, 0.2) is 30.5 Å². The molecule has 4 rings (SSSR count). The number of rotatable bonds is 2. The van der Waals surface area contributed by atoms with Crippen molar-refractivity contribution in [2.75, 3.05) is 25.4 Å². The van der Waals surface area contributed by atoms with Crippen LogP contribution in [0.4, 0.5) is 10.5 Å². The minimum absolute atomic E-state index is 0.141. The van der Waals surface area contributed by atoms with Gasteiger partial charge in [0.1, 0.15) is 0 Å². The highest BCUT2D eigenvalue weighted by Crippen LogP contribution is 2.43. The van der Waals surface area contributed by atoms with Gasteiger partial charge in [-0.1, -0.05) is 29.8 Å². The van der Waals surface area contributed by atoms with Gasteiger partial charge in [-0.2, -0.15) is 0 Å². The van der Waals surface area contributed by atoms with E-state index in [1.807, 2.05) is 25.1 Å². The Hall–Kier alpha value is -2.53. The molecule has 2 aromatic rings. The van der Waals surface area contributed by atoms with Crippen LogP contribution in [0.3, 0.4) is 0 Å². The van der Waals surface area contributed by atoms with Crippen molar-refractivity contribution in [3.05, 3.63) is 57.9 Å². The van der Waals surface area contributed by atoms with Gasteiger partial charge >= 0.3 is 6.09 Å². The maximum atomic E-state index is 12.1. The summed E-state index contributed by atoms with van der Waals surface area (Å²) in [6.07, 6.45) is 7.47. The summed E-state index contributed by atoms with van der Waals surface area (Å²) in [7, 11) is 0. The van der Waals surface area contributed by atoms with Crippen molar-refractivity contribution in [3.63, 3.8) is 0 Å². The van der Waals surface area contributed by atoms with E-state index in [2.05, 4.69) is 18.2 Å². The number of nitrogen functional groups attached to an aromatic ring is 1. The molecule has 1 aliphatic heterocycles. The van der Waals surface area contributed by atoms with E-state index in [4.69, 9.17) is 27.1 Å². The van der Waals surface area contributed by atoms with Crippen molar-refractivity contribution in [2.24, 2.45) is 5.92 Å². The van der Waals surface area contributed by atoms with Crippen molar-refractivity contribution in [1.82, 2.24) is 9.88 Å². The Bertz CT molecular complexity index is 864. The minimum Gasteiger partial charge on any atom is -0.450 e. The van der Waals surface area contributed by atoms with Gasteiger partial charge in [-0.05, 0) is 60.6 Å².